The molecule has 0 aliphatic rings. The molecule has 0 fully saturated rings. The Kier molecular flexibility index (Phi) is 3.36. The molecule has 2 aromatic rings. The molecule has 0 bridgehead atoms. The van der Waals surface area contributed by atoms with Crippen LogP contribution in [0, 0.1) is 0 Å². The highest BCUT2D eigenvalue weighted by molar-refractivity contribution is 7.13. The van der Waals surface area contributed by atoms with Crippen molar-refractivity contribution in [3.8, 4) is 16.3 Å². The predicted octanol–water partition coefficient (Wildman–Crippen LogP) is 2.81. The fourth-order valence-corrected chi connectivity index (χ4v) is 2.34. The van der Waals surface area contributed by atoms with Crippen LogP contribution in [0.25, 0.3) is 10.6 Å². The van der Waals surface area contributed by atoms with Crippen LogP contribution in [0.4, 0.5) is 0 Å². The zero-order chi connectivity index (χ0) is 14.2. The Morgan fingerprint density at radius 2 is 2.16 bits per heavy atom. The van der Waals surface area contributed by atoms with Gasteiger partial charge in [0.25, 0.3) is 0 Å². The average Bonchev–Trinajstić information content (AvgIpc) is 2.81. The van der Waals surface area contributed by atoms with Gasteiger partial charge in [-0.1, -0.05) is 0 Å². The highest BCUT2D eigenvalue weighted by atomic mass is 32.1. The first-order valence-corrected chi connectivity index (χ1v) is 6.70. The van der Waals surface area contributed by atoms with Crippen LogP contribution in [0.5, 0.6) is 5.75 Å². The molecule has 6 heteroatoms. The minimum Gasteiger partial charge on any atom is -0.506 e. The number of thiophene rings is 1. The summed E-state index contributed by atoms with van der Waals surface area (Å²) < 4.78 is 6.77. The molecule has 19 heavy (non-hydrogen) atoms. The predicted molar refractivity (Wildman–Crippen MR) is 73.4 cm³/mol. The molecule has 2 heterocycles. The number of carbonyl (C=O) groups is 1. The van der Waals surface area contributed by atoms with Crippen LogP contribution in [0.1, 0.15) is 31.3 Å². The highest BCUT2D eigenvalue weighted by Crippen LogP contribution is 2.33. The van der Waals surface area contributed by atoms with E-state index in [0.717, 1.165) is 0 Å². The van der Waals surface area contributed by atoms with E-state index >= 15 is 0 Å². The molecule has 0 radical (unpaired) electrons. The first-order chi connectivity index (χ1) is 8.78. The van der Waals surface area contributed by atoms with Gasteiger partial charge in [0, 0.05) is 7.05 Å². The summed E-state index contributed by atoms with van der Waals surface area (Å²) in [4.78, 5) is 12.7. The van der Waals surface area contributed by atoms with E-state index in [0.29, 0.717) is 16.3 Å². The zero-order valence-corrected chi connectivity index (χ0v) is 12.1. The average molecular weight is 280 g/mol. The van der Waals surface area contributed by atoms with E-state index in [1.807, 2.05) is 20.8 Å². The van der Waals surface area contributed by atoms with Gasteiger partial charge in [0.05, 0.1) is 4.88 Å². The summed E-state index contributed by atoms with van der Waals surface area (Å²) in [5.41, 5.74) is 0.376. The molecule has 2 rings (SSSR count). The Labute approximate surface area is 115 Å². The second-order valence-electron chi connectivity index (χ2n) is 5.18. The van der Waals surface area contributed by atoms with Crippen LogP contribution in [-0.2, 0) is 11.8 Å². The van der Waals surface area contributed by atoms with Crippen LogP contribution in [0.15, 0.2) is 17.5 Å². The second-order valence-corrected chi connectivity index (χ2v) is 6.09. The van der Waals surface area contributed by atoms with Gasteiger partial charge < -0.3 is 9.84 Å². The van der Waals surface area contributed by atoms with Gasteiger partial charge in [-0.15, -0.1) is 11.3 Å². The standard InChI is InChI=1S/C13H16N2O3S/c1-13(2,3)18-12(17)9-7-8(14-15(9)4)11-10(16)5-6-19-11/h5-7,16H,1-4H3. The van der Waals surface area contributed by atoms with Gasteiger partial charge in [0.2, 0.25) is 0 Å². The monoisotopic (exact) mass is 280 g/mol. The van der Waals surface area contributed by atoms with Crippen LogP contribution in [0.2, 0.25) is 0 Å². The summed E-state index contributed by atoms with van der Waals surface area (Å²) in [6.07, 6.45) is 0. The number of esters is 1. The molecule has 0 unspecified atom stereocenters. The first-order valence-electron chi connectivity index (χ1n) is 5.82. The lowest BCUT2D eigenvalue weighted by Crippen LogP contribution is -2.25. The smallest absolute Gasteiger partial charge is 0.357 e. The number of hydrogen-bond donors (Lipinski definition) is 1. The van der Waals surface area contributed by atoms with Crippen molar-refractivity contribution in [2.24, 2.45) is 7.05 Å². The fraction of sp³-hybridized carbons (Fsp3) is 0.385. The molecular formula is C13H16N2O3S. The van der Waals surface area contributed by atoms with Gasteiger partial charge >= 0.3 is 5.97 Å². The van der Waals surface area contributed by atoms with Gasteiger partial charge in [-0.2, -0.15) is 5.10 Å². The Morgan fingerprint density at radius 3 is 2.68 bits per heavy atom. The second kappa shape index (κ2) is 4.70. The van der Waals surface area contributed by atoms with Crippen LogP contribution < -0.4 is 0 Å². The van der Waals surface area contributed by atoms with Gasteiger partial charge in [0.1, 0.15) is 22.7 Å². The lowest BCUT2D eigenvalue weighted by molar-refractivity contribution is 0.00575. The third kappa shape index (κ3) is 2.96. The van der Waals surface area contributed by atoms with E-state index in [1.54, 1.807) is 24.6 Å². The minimum absolute atomic E-state index is 0.166. The molecule has 0 spiro atoms. The zero-order valence-electron chi connectivity index (χ0n) is 11.3. The van der Waals surface area contributed by atoms with Gasteiger partial charge in [-0.3, -0.25) is 4.68 Å². The maximum Gasteiger partial charge on any atom is 0.357 e. The maximum absolute atomic E-state index is 12.0. The van der Waals surface area contributed by atoms with Crippen molar-refractivity contribution in [3.63, 3.8) is 0 Å². The van der Waals surface area contributed by atoms with Crippen molar-refractivity contribution >= 4 is 17.3 Å². The topological polar surface area (TPSA) is 64.3 Å². The number of ether oxygens (including phenoxy) is 1. The number of rotatable bonds is 2. The van der Waals surface area contributed by atoms with Crippen molar-refractivity contribution in [1.82, 2.24) is 9.78 Å². The molecule has 0 aliphatic carbocycles. The summed E-state index contributed by atoms with van der Waals surface area (Å²) in [5, 5.41) is 15.7. The van der Waals surface area contributed by atoms with Crippen molar-refractivity contribution in [3.05, 3.63) is 23.2 Å². The number of aromatic nitrogens is 2. The molecule has 0 saturated heterocycles. The Balaban J connectivity index is 2.32. The van der Waals surface area contributed by atoms with Crippen molar-refractivity contribution in [2.45, 2.75) is 26.4 Å². The molecule has 0 aromatic carbocycles. The van der Waals surface area contributed by atoms with E-state index in [2.05, 4.69) is 5.10 Å². The number of hydrogen-bond acceptors (Lipinski definition) is 5. The highest BCUT2D eigenvalue weighted by Gasteiger charge is 2.22. The third-order valence-corrected chi connectivity index (χ3v) is 3.29. The van der Waals surface area contributed by atoms with E-state index in [9.17, 15) is 9.90 Å². The van der Waals surface area contributed by atoms with Crippen molar-refractivity contribution < 1.29 is 14.6 Å². The largest absolute Gasteiger partial charge is 0.506 e. The lowest BCUT2D eigenvalue weighted by atomic mass is 10.2. The van der Waals surface area contributed by atoms with E-state index in [4.69, 9.17) is 4.74 Å². The quantitative estimate of drug-likeness (QED) is 0.859. The summed E-state index contributed by atoms with van der Waals surface area (Å²) in [5.74, 6) is -0.261. The minimum atomic E-state index is -0.549. The van der Waals surface area contributed by atoms with Crippen LogP contribution in [0.3, 0.4) is 0 Å². The molecule has 0 aliphatic heterocycles. The molecule has 102 valence electrons. The molecule has 2 aromatic heterocycles. The first kappa shape index (κ1) is 13.6. The van der Waals surface area contributed by atoms with Gasteiger partial charge in [-0.05, 0) is 38.3 Å². The number of nitrogens with zero attached hydrogens (tertiary/aromatic N) is 2. The van der Waals surface area contributed by atoms with Crippen LogP contribution >= 0.6 is 11.3 Å². The molecule has 0 saturated carbocycles. The number of aryl methyl sites for hydroxylation is 1. The van der Waals surface area contributed by atoms with Gasteiger partial charge in [0.15, 0.2) is 0 Å². The molecule has 1 N–H and O–H groups in total. The van der Waals surface area contributed by atoms with Crippen LogP contribution in [-0.4, -0.2) is 26.5 Å². The molecule has 0 amide bonds. The van der Waals surface area contributed by atoms with E-state index in [1.165, 1.54) is 16.0 Å². The summed E-state index contributed by atoms with van der Waals surface area (Å²) in [6, 6.07) is 3.22. The summed E-state index contributed by atoms with van der Waals surface area (Å²) in [7, 11) is 1.67. The molecule has 5 nitrogen and oxygen atoms in total. The van der Waals surface area contributed by atoms with Crippen molar-refractivity contribution in [1.29, 1.82) is 0 Å². The number of aromatic hydroxyl groups is 1. The van der Waals surface area contributed by atoms with E-state index in [-0.39, 0.29) is 5.75 Å². The lowest BCUT2D eigenvalue weighted by Gasteiger charge is -2.19. The third-order valence-electron chi connectivity index (χ3n) is 2.36. The van der Waals surface area contributed by atoms with Crippen molar-refractivity contribution in [2.75, 3.05) is 0 Å². The van der Waals surface area contributed by atoms with E-state index < -0.39 is 11.6 Å². The summed E-state index contributed by atoms with van der Waals surface area (Å²) >= 11 is 1.37. The summed E-state index contributed by atoms with van der Waals surface area (Å²) in [6.45, 7) is 5.44. The SMILES string of the molecule is Cn1nc(-c2sccc2O)cc1C(=O)OC(C)(C)C. The molecular weight excluding hydrogens is 264 g/mol. The van der Waals surface area contributed by atoms with Gasteiger partial charge in [-0.25, -0.2) is 4.79 Å². The maximum atomic E-state index is 12.0. The Hall–Kier alpha value is -1.82. The Bertz CT molecular complexity index is 608. The Morgan fingerprint density at radius 1 is 1.47 bits per heavy atom. The normalized spacial score (nSPS) is 11.6. The fourth-order valence-electron chi connectivity index (χ4n) is 1.59. The molecule has 0 atom stereocenters. The number of carbonyl (C=O) groups excluding carboxylic acids is 1.